The number of hydrogen-bond donors (Lipinski definition) is 1. The van der Waals surface area contributed by atoms with E-state index in [1.807, 2.05) is 0 Å². The molecule has 9 nitrogen and oxygen atoms in total. The van der Waals surface area contributed by atoms with E-state index in [4.69, 9.17) is 4.74 Å². The second-order valence-corrected chi connectivity index (χ2v) is 6.69. The fourth-order valence-corrected chi connectivity index (χ4v) is 3.13. The van der Waals surface area contributed by atoms with Gasteiger partial charge in [0.1, 0.15) is 0 Å². The molecule has 0 aromatic heterocycles. The molecule has 0 radical (unpaired) electrons. The number of non-ortho nitro benzene ring substituents is 1. The number of nitrogens with one attached hydrogen (secondary N) is 1. The predicted molar refractivity (Wildman–Crippen MR) is 107 cm³/mol. The molecule has 0 saturated carbocycles. The first kappa shape index (κ1) is 21.9. The molecule has 0 atom stereocenters. The summed E-state index contributed by atoms with van der Waals surface area (Å²) in [4.78, 5) is 46.0. The highest BCUT2D eigenvalue weighted by Crippen LogP contribution is 2.21. The zero-order chi connectivity index (χ0) is 21.4. The summed E-state index contributed by atoms with van der Waals surface area (Å²) < 4.78 is 9.34. The number of nitro benzene ring substituents is 1. The Labute approximate surface area is 170 Å². The van der Waals surface area contributed by atoms with Crippen LogP contribution in [0.5, 0.6) is 0 Å². The van der Waals surface area contributed by atoms with Crippen LogP contribution in [0.2, 0.25) is 0 Å². The maximum Gasteiger partial charge on any atom is 0.339 e. The molecule has 0 heterocycles. The molecule has 10 heteroatoms. The lowest BCUT2D eigenvalue weighted by molar-refractivity contribution is -0.384. The Kier molecular flexibility index (Phi) is 7.72. The van der Waals surface area contributed by atoms with Crippen molar-refractivity contribution in [3.63, 3.8) is 0 Å². The molecule has 29 heavy (non-hydrogen) atoms. The fourth-order valence-electron chi connectivity index (χ4n) is 2.34. The molecule has 0 unspecified atom stereocenters. The Hall–Kier alpha value is -3.40. The number of amides is 1. The number of nitrogens with zero attached hydrogens (tertiary/aromatic N) is 1. The van der Waals surface area contributed by atoms with Gasteiger partial charge in [0.25, 0.3) is 5.69 Å². The van der Waals surface area contributed by atoms with Crippen LogP contribution < -0.4 is 5.32 Å². The van der Waals surface area contributed by atoms with Gasteiger partial charge in [0, 0.05) is 17.9 Å². The zero-order valence-corrected chi connectivity index (χ0v) is 16.5. The monoisotopic (exact) mass is 418 g/mol. The van der Waals surface area contributed by atoms with E-state index in [1.54, 1.807) is 12.1 Å². The van der Waals surface area contributed by atoms with Gasteiger partial charge in [-0.05, 0) is 23.8 Å². The van der Waals surface area contributed by atoms with Crippen molar-refractivity contribution in [1.82, 2.24) is 0 Å². The highest BCUT2D eigenvalue weighted by Gasteiger charge is 2.17. The van der Waals surface area contributed by atoms with Crippen LogP contribution >= 0.6 is 11.8 Å². The predicted octanol–water partition coefficient (Wildman–Crippen LogP) is 3.04. The SMILES string of the molecule is COC(=O)c1ccc(C(=O)OC)c(NC(=O)CSCc2ccc([N+](=O)[O-])cc2)c1. The third-order valence-corrected chi connectivity index (χ3v) is 4.77. The van der Waals surface area contributed by atoms with Crippen molar-refractivity contribution < 1.29 is 28.8 Å². The van der Waals surface area contributed by atoms with Crippen molar-refractivity contribution in [3.8, 4) is 0 Å². The second kappa shape index (κ2) is 10.2. The lowest BCUT2D eigenvalue weighted by atomic mass is 10.1. The maximum atomic E-state index is 12.3. The molecule has 1 N–H and O–H groups in total. The van der Waals surface area contributed by atoms with Gasteiger partial charge < -0.3 is 14.8 Å². The minimum Gasteiger partial charge on any atom is -0.465 e. The summed E-state index contributed by atoms with van der Waals surface area (Å²) in [5, 5.41) is 13.3. The van der Waals surface area contributed by atoms with Gasteiger partial charge in [-0.1, -0.05) is 12.1 Å². The van der Waals surface area contributed by atoms with Crippen LogP contribution in [0.15, 0.2) is 42.5 Å². The number of carbonyl (C=O) groups is 3. The Morgan fingerprint density at radius 3 is 2.28 bits per heavy atom. The van der Waals surface area contributed by atoms with Crippen molar-refractivity contribution in [2.75, 3.05) is 25.3 Å². The number of nitro groups is 1. The van der Waals surface area contributed by atoms with Crippen LogP contribution in [0.1, 0.15) is 26.3 Å². The molecule has 152 valence electrons. The second-order valence-electron chi connectivity index (χ2n) is 5.71. The van der Waals surface area contributed by atoms with E-state index in [0.29, 0.717) is 5.75 Å². The number of thioether (sulfide) groups is 1. The largest absolute Gasteiger partial charge is 0.465 e. The number of anilines is 1. The van der Waals surface area contributed by atoms with Gasteiger partial charge in [-0.2, -0.15) is 0 Å². The fraction of sp³-hybridized carbons (Fsp3) is 0.211. The molecule has 2 rings (SSSR count). The molecule has 0 fully saturated rings. The number of esters is 2. The summed E-state index contributed by atoms with van der Waals surface area (Å²) in [7, 11) is 2.44. The maximum absolute atomic E-state index is 12.3. The van der Waals surface area contributed by atoms with Crippen LogP contribution in [0.4, 0.5) is 11.4 Å². The molecule has 0 aliphatic carbocycles. The molecule has 2 aromatic rings. The van der Waals surface area contributed by atoms with Crippen molar-refractivity contribution in [2.24, 2.45) is 0 Å². The van der Waals surface area contributed by atoms with Crippen molar-refractivity contribution in [1.29, 1.82) is 0 Å². The number of rotatable bonds is 8. The Bertz CT molecular complexity index is 929. The summed E-state index contributed by atoms with van der Waals surface area (Å²) in [5.74, 6) is -1.11. The highest BCUT2D eigenvalue weighted by molar-refractivity contribution is 7.99. The molecule has 0 saturated heterocycles. The van der Waals surface area contributed by atoms with E-state index >= 15 is 0 Å². The van der Waals surface area contributed by atoms with Gasteiger partial charge >= 0.3 is 11.9 Å². The number of ether oxygens (including phenoxy) is 2. The first-order valence-corrected chi connectivity index (χ1v) is 9.42. The standard InChI is InChI=1S/C19H18N2O7S/c1-27-18(23)13-5-8-15(19(24)28-2)16(9-13)20-17(22)11-29-10-12-3-6-14(7-4-12)21(25)26/h3-9H,10-11H2,1-2H3,(H,20,22). The van der Waals surface area contributed by atoms with Crippen LogP contribution in [0, 0.1) is 10.1 Å². The number of benzene rings is 2. The van der Waals surface area contributed by atoms with Crippen LogP contribution in [-0.2, 0) is 20.0 Å². The summed E-state index contributed by atoms with van der Waals surface area (Å²) in [6.07, 6.45) is 0. The molecule has 0 aliphatic heterocycles. The van der Waals surface area contributed by atoms with Gasteiger partial charge in [0.05, 0.1) is 41.7 Å². The molecule has 1 amide bonds. The number of carbonyl (C=O) groups excluding carboxylic acids is 3. The summed E-state index contributed by atoms with van der Waals surface area (Å²) >= 11 is 1.29. The average Bonchev–Trinajstić information content (AvgIpc) is 2.72. The lowest BCUT2D eigenvalue weighted by Crippen LogP contribution is -2.18. The van der Waals surface area contributed by atoms with E-state index in [2.05, 4.69) is 10.1 Å². The normalized spacial score (nSPS) is 10.1. The molecule has 0 aliphatic rings. The average molecular weight is 418 g/mol. The topological polar surface area (TPSA) is 125 Å². The quantitative estimate of drug-likeness (QED) is 0.394. The Morgan fingerprint density at radius 2 is 1.69 bits per heavy atom. The molecular formula is C19H18N2O7S. The van der Waals surface area contributed by atoms with Crippen LogP contribution in [0.25, 0.3) is 0 Å². The van der Waals surface area contributed by atoms with E-state index < -0.39 is 16.9 Å². The summed E-state index contributed by atoms with van der Waals surface area (Å²) in [5.41, 5.74) is 1.25. The van der Waals surface area contributed by atoms with E-state index in [0.717, 1.165) is 5.56 Å². The van der Waals surface area contributed by atoms with Gasteiger partial charge in [0.15, 0.2) is 0 Å². The first-order chi connectivity index (χ1) is 13.8. The van der Waals surface area contributed by atoms with E-state index in [9.17, 15) is 24.5 Å². The zero-order valence-electron chi connectivity index (χ0n) is 15.7. The summed E-state index contributed by atoms with van der Waals surface area (Å²) in [6.45, 7) is 0. The Balaban J connectivity index is 2.02. The van der Waals surface area contributed by atoms with Crippen LogP contribution in [-0.4, -0.2) is 42.7 Å². The minimum absolute atomic E-state index is 0.00248. The molecule has 2 aromatic carbocycles. The third-order valence-electron chi connectivity index (χ3n) is 3.77. The van der Waals surface area contributed by atoms with Crippen LogP contribution in [0.3, 0.4) is 0 Å². The minimum atomic E-state index is -0.657. The van der Waals surface area contributed by atoms with Crippen molar-refractivity contribution in [3.05, 3.63) is 69.3 Å². The molecular weight excluding hydrogens is 400 g/mol. The van der Waals surface area contributed by atoms with Gasteiger partial charge in [0.2, 0.25) is 5.91 Å². The smallest absolute Gasteiger partial charge is 0.339 e. The number of hydrogen-bond acceptors (Lipinski definition) is 8. The first-order valence-electron chi connectivity index (χ1n) is 8.27. The third kappa shape index (κ3) is 6.04. The summed E-state index contributed by atoms with van der Waals surface area (Å²) in [6, 6.07) is 10.2. The molecule has 0 spiro atoms. The van der Waals surface area contributed by atoms with E-state index in [-0.39, 0.29) is 34.2 Å². The van der Waals surface area contributed by atoms with E-state index in [1.165, 1.54) is 56.3 Å². The lowest BCUT2D eigenvalue weighted by Gasteiger charge is -2.11. The van der Waals surface area contributed by atoms with Gasteiger partial charge in [-0.15, -0.1) is 11.8 Å². The van der Waals surface area contributed by atoms with Gasteiger partial charge in [-0.3, -0.25) is 14.9 Å². The highest BCUT2D eigenvalue weighted by atomic mass is 32.2. The van der Waals surface area contributed by atoms with Gasteiger partial charge in [-0.25, -0.2) is 9.59 Å². The Morgan fingerprint density at radius 1 is 1.03 bits per heavy atom. The van der Waals surface area contributed by atoms with Crippen molar-refractivity contribution in [2.45, 2.75) is 5.75 Å². The van der Waals surface area contributed by atoms with Crippen molar-refractivity contribution >= 4 is 41.0 Å². The molecule has 0 bridgehead atoms. The number of methoxy groups -OCH3 is 2.